The van der Waals surface area contributed by atoms with Gasteiger partial charge in [-0.1, -0.05) is 6.92 Å². The molecule has 0 aliphatic heterocycles. The number of nitrogens with one attached hydrogen (secondary N) is 1. The summed E-state index contributed by atoms with van der Waals surface area (Å²) in [7, 11) is 0. The van der Waals surface area contributed by atoms with Crippen LogP contribution in [0.5, 0.6) is 0 Å². The molecule has 0 bridgehead atoms. The van der Waals surface area contributed by atoms with Crippen LogP contribution in [0.25, 0.3) is 0 Å². The van der Waals surface area contributed by atoms with Gasteiger partial charge in [-0.25, -0.2) is 0 Å². The van der Waals surface area contributed by atoms with Crippen LogP contribution in [0.15, 0.2) is 18.2 Å². The van der Waals surface area contributed by atoms with Gasteiger partial charge in [-0.2, -0.15) is 16.2 Å². The standard InChI is InChI=1S/C12H15FN2O3S/c1-3-9(7-19-2)14-12(16)8-4-5-11(15(17)18)10(13)6-8/h4-6,9H,3,7H2,1-2H3,(H,14,16). The monoisotopic (exact) mass is 286 g/mol. The van der Waals surface area contributed by atoms with Crippen LogP contribution in [0.1, 0.15) is 23.7 Å². The molecule has 104 valence electrons. The summed E-state index contributed by atoms with van der Waals surface area (Å²) in [6.45, 7) is 1.94. The average Bonchev–Trinajstić information content (AvgIpc) is 2.37. The van der Waals surface area contributed by atoms with Crippen molar-refractivity contribution in [2.45, 2.75) is 19.4 Å². The molecule has 1 atom stereocenters. The Morgan fingerprint density at radius 2 is 2.26 bits per heavy atom. The molecule has 1 unspecified atom stereocenters. The molecule has 19 heavy (non-hydrogen) atoms. The fourth-order valence-electron chi connectivity index (χ4n) is 1.53. The summed E-state index contributed by atoms with van der Waals surface area (Å²) in [5, 5.41) is 13.2. The molecular weight excluding hydrogens is 271 g/mol. The Hall–Kier alpha value is -1.63. The quantitative estimate of drug-likeness (QED) is 0.644. The highest BCUT2D eigenvalue weighted by Crippen LogP contribution is 2.18. The number of halogens is 1. The van der Waals surface area contributed by atoms with Crippen LogP contribution >= 0.6 is 11.8 Å². The fourth-order valence-corrected chi connectivity index (χ4v) is 2.25. The number of carbonyl (C=O) groups is 1. The Kier molecular flexibility index (Phi) is 5.75. The highest BCUT2D eigenvalue weighted by Gasteiger charge is 2.18. The molecule has 0 saturated carbocycles. The maximum atomic E-state index is 13.4. The minimum Gasteiger partial charge on any atom is -0.348 e. The van der Waals surface area contributed by atoms with Gasteiger partial charge < -0.3 is 5.32 Å². The number of hydrogen-bond donors (Lipinski definition) is 1. The maximum absolute atomic E-state index is 13.4. The van der Waals surface area contributed by atoms with Gasteiger partial charge in [0.1, 0.15) is 0 Å². The van der Waals surface area contributed by atoms with E-state index in [4.69, 9.17) is 0 Å². The summed E-state index contributed by atoms with van der Waals surface area (Å²) in [4.78, 5) is 21.5. The third kappa shape index (κ3) is 4.20. The number of hydrogen-bond acceptors (Lipinski definition) is 4. The molecule has 0 saturated heterocycles. The van der Waals surface area contributed by atoms with E-state index in [1.807, 2.05) is 13.2 Å². The van der Waals surface area contributed by atoms with Crippen LogP contribution < -0.4 is 5.32 Å². The molecule has 0 fully saturated rings. The zero-order valence-corrected chi connectivity index (χ0v) is 11.5. The van der Waals surface area contributed by atoms with Crippen LogP contribution in [0, 0.1) is 15.9 Å². The first kappa shape index (κ1) is 15.4. The van der Waals surface area contributed by atoms with Crippen molar-refractivity contribution < 1.29 is 14.1 Å². The first-order valence-corrected chi connectivity index (χ1v) is 7.12. The number of benzene rings is 1. The number of nitro benzene ring substituents is 1. The van der Waals surface area contributed by atoms with Gasteiger partial charge in [-0.05, 0) is 24.8 Å². The van der Waals surface area contributed by atoms with E-state index in [1.165, 1.54) is 6.07 Å². The van der Waals surface area contributed by atoms with Crippen molar-refractivity contribution in [2.24, 2.45) is 0 Å². The van der Waals surface area contributed by atoms with Gasteiger partial charge in [0.05, 0.1) is 4.92 Å². The zero-order chi connectivity index (χ0) is 14.4. The lowest BCUT2D eigenvalue weighted by Crippen LogP contribution is -2.36. The first-order chi connectivity index (χ1) is 8.99. The number of amides is 1. The molecule has 0 radical (unpaired) electrons. The van der Waals surface area contributed by atoms with E-state index in [9.17, 15) is 19.3 Å². The molecular formula is C12H15FN2O3S. The van der Waals surface area contributed by atoms with Gasteiger partial charge in [-0.3, -0.25) is 14.9 Å². The van der Waals surface area contributed by atoms with E-state index < -0.39 is 22.3 Å². The first-order valence-electron chi connectivity index (χ1n) is 5.73. The second-order valence-corrected chi connectivity index (χ2v) is 4.87. The molecule has 7 heteroatoms. The summed E-state index contributed by atoms with van der Waals surface area (Å²) < 4.78 is 13.4. The molecule has 0 aromatic heterocycles. The van der Waals surface area contributed by atoms with Crippen molar-refractivity contribution in [3.8, 4) is 0 Å². The SMILES string of the molecule is CCC(CSC)NC(=O)c1ccc([N+](=O)[O-])c(F)c1. The van der Waals surface area contributed by atoms with Crippen LogP contribution in [-0.2, 0) is 0 Å². The zero-order valence-electron chi connectivity index (χ0n) is 10.7. The number of carbonyl (C=O) groups excluding carboxylic acids is 1. The smallest absolute Gasteiger partial charge is 0.304 e. The van der Waals surface area contributed by atoms with E-state index in [-0.39, 0.29) is 11.6 Å². The molecule has 0 heterocycles. The molecule has 0 aliphatic rings. The highest BCUT2D eigenvalue weighted by molar-refractivity contribution is 7.98. The number of rotatable bonds is 6. The van der Waals surface area contributed by atoms with Gasteiger partial charge in [0.25, 0.3) is 5.91 Å². The Bertz CT molecular complexity index is 482. The molecule has 0 spiro atoms. The Morgan fingerprint density at radius 1 is 1.58 bits per heavy atom. The van der Waals surface area contributed by atoms with Crippen molar-refractivity contribution in [1.29, 1.82) is 0 Å². The van der Waals surface area contributed by atoms with Crippen LogP contribution in [0.2, 0.25) is 0 Å². The number of nitrogens with zero attached hydrogens (tertiary/aromatic N) is 1. The Morgan fingerprint density at radius 3 is 2.74 bits per heavy atom. The molecule has 0 aliphatic carbocycles. The van der Waals surface area contributed by atoms with Gasteiger partial charge >= 0.3 is 5.69 Å². The van der Waals surface area contributed by atoms with E-state index in [1.54, 1.807) is 11.8 Å². The molecule has 1 aromatic carbocycles. The predicted octanol–water partition coefficient (Wildman–Crippen LogP) is 2.61. The minimum absolute atomic E-state index is 0.000697. The van der Waals surface area contributed by atoms with Crippen molar-refractivity contribution in [3.63, 3.8) is 0 Å². The molecule has 1 amide bonds. The number of thioether (sulfide) groups is 1. The lowest BCUT2D eigenvalue weighted by molar-refractivity contribution is -0.387. The summed E-state index contributed by atoms with van der Waals surface area (Å²) >= 11 is 1.60. The van der Waals surface area contributed by atoms with Gasteiger partial charge in [0.15, 0.2) is 0 Å². The van der Waals surface area contributed by atoms with E-state index in [2.05, 4.69) is 5.32 Å². The summed E-state index contributed by atoms with van der Waals surface area (Å²) in [5.74, 6) is -0.664. The van der Waals surface area contributed by atoms with Crippen molar-refractivity contribution in [2.75, 3.05) is 12.0 Å². The summed E-state index contributed by atoms with van der Waals surface area (Å²) in [6, 6.07) is 3.14. The van der Waals surface area contributed by atoms with Gasteiger partial charge in [-0.15, -0.1) is 0 Å². The van der Waals surface area contributed by atoms with Gasteiger partial charge in [0.2, 0.25) is 5.82 Å². The number of nitro groups is 1. The van der Waals surface area contributed by atoms with E-state index >= 15 is 0 Å². The lowest BCUT2D eigenvalue weighted by Gasteiger charge is -2.15. The van der Waals surface area contributed by atoms with Crippen molar-refractivity contribution in [1.82, 2.24) is 5.32 Å². The predicted molar refractivity (Wildman–Crippen MR) is 73.0 cm³/mol. The molecule has 1 N–H and O–H groups in total. The molecule has 5 nitrogen and oxygen atoms in total. The maximum Gasteiger partial charge on any atom is 0.304 e. The molecule has 1 rings (SSSR count). The topological polar surface area (TPSA) is 72.2 Å². The normalized spacial score (nSPS) is 11.9. The Balaban J connectivity index is 2.83. The van der Waals surface area contributed by atoms with Crippen molar-refractivity contribution in [3.05, 3.63) is 39.7 Å². The van der Waals surface area contributed by atoms with Crippen molar-refractivity contribution >= 4 is 23.4 Å². The van der Waals surface area contributed by atoms with Crippen LogP contribution in [-0.4, -0.2) is 28.9 Å². The second-order valence-electron chi connectivity index (χ2n) is 3.96. The largest absolute Gasteiger partial charge is 0.348 e. The molecule has 1 aromatic rings. The Labute approximate surface area is 114 Å². The third-order valence-corrected chi connectivity index (χ3v) is 3.34. The van der Waals surface area contributed by atoms with Gasteiger partial charge in [0, 0.05) is 23.4 Å². The van der Waals surface area contributed by atoms with Crippen LogP contribution in [0.4, 0.5) is 10.1 Å². The summed E-state index contributed by atoms with van der Waals surface area (Å²) in [6.07, 6.45) is 2.70. The minimum atomic E-state index is -1.00. The lowest BCUT2D eigenvalue weighted by atomic mass is 10.1. The average molecular weight is 286 g/mol. The van der Waals surface area contributed by atoms with Crippen LogP contribution in [0.3, 0.4) is 0 Å². The third-order valence-electron chi connectivity index (χ3n) is 2.60. The van der Waals surface area contributed by atoms with E-state index in [0.29, 0.717) is 0 Å². The summed E-state index contributed by atoms with van der Waals surface area (Å²) in [5.41, 5.74) is -0.546. The highest BCUT2D eigenvalue weighted by atomic mass is 32.2. The van der Waals surface area contributed by atoms with E-state index in [0.717, 1.165) is 24.3 Å². The fraction of sp³-hybridized carbons (Fsp3) is 0.417. The second kappa shape index (κ2) is 7.08.